The van der Waals surface area contributed by atoms with Crippen LogP contribution in [0.15, 0.2) is 81.0 Å². The average Bonchev–Trinajstić information content (AvgIpc) is 3.03. The van der Waals surface area contributed by atoms with Crippen molar-refractivity contribution in [3.05, 3.63) is 92.9 Å². The van der Waals surface area contributed by atoms with Crippen molar-refractivity contribution in [1.82, 2.24) is 14.2 Å². The third-order valence-corrected chi connectivity index (χ3v) is 6.20. The lowest BCUT2D eigenvalue weighted by Gasteiger charge is -2.09. The Balaban J connectivity index is 1.42. The van der Waals surface area contributed by atoms with Crippen molar-refractivity contribution in [3.63, 3.8) is 0 Å². The first kappa shape index (κ1) is 20.4. The van der Waals surface area contributed by atoms with Crippen LogP contribution in [0.4, 0.5) is 5.69 Å². The van der Waals surface area contributed by atoms with Crippen LogP contribution in [-0.2, 0) is 11.3 Å². The Kier molecular flexibility index (Phi) is 6.06. The number of halogens is 1. The number of pyridine rings is 1. The fourth-order valence-corrected chi connectivity index (χ4v) is 4.39. The van der Waals surface area contributed by atoms with E-state index in [2.05, 4.69) is 26.3 Å². The van der Waals surface area contributed by atoms with Crippen LogP contribution in [0.1, 0.15) is 11.1 Å². The highest BCUT2D eigenvalue weighted by Crippen LogP contribution is 2.25. The molecule has 0 aliphatic rings. The standard InChI is InChI=1S/C22H19BrN4O2S/c1-15-11-17(23)8-9-19(15)30-14-21(28)24-18-6-4-5-16(12-18)13-27-22(29)26-10-3-2-7-20(26)25-27/h2-12H,13-14H2,1H3,(H,24,28). The largest absolute Gasteiger partial charge is 0.350 e. The number of anilines is 1. The number of hydrogen-bond acceptors (Lipinski definition) is 4. The Hall–Kier alpha value is -2.84. The number of fused-ring (bicyclic) bond motifs is 1. The van der Waals surface area contributed by atoms with E-state index in [9.17, 15) is 9.59 Å². The molecule has 2 heterocycles. The zero-order valence-electron chi connectivity index (χ0n) is 16.2. The van der Waals surface area contributed by atoms with Crippen molar-refractivity contribution >= 4 is 44.9 Å². The molecule has 0 aliphatic heterocycles. The summed E-state index contributed by atoms with van der Waals surface area (Å²) < 4.78 is 3.95. The van der Waals surface area contributed by atoms with Gasteiger partial charge in [0.1, 0.15) is 0 Å². The van der Waals surface area contributed by atoms with Crippen molar-refractivity contribution in [2.45, 2.75) is 18.4 Å². The number of nitrogens with zero attached hydrogens (tertiary/aromatic N) is 3. The zero-order valence-corrected chi connectivity index (χ0v) is 18.6. The lowest BCUT2D eigenvalue weighted by atomic mass is 10.2. The molecule has 1 amide bonds. The maximum Gasteiger partial charge on any atom is 0.350 e. The second-order valence-corrected chi connectivity index (χ2v) is 8.75. The molecule has 0 saturated carbocycles. The predicted molar refractivity (Wildman–Crippen MR) is 123 cm³/mol. The van der Waals surface area contributed by atoms with Crippen LogP contribution in [-0.4, -0.2) is 25.8 Å². The fourth-order valence-electron chi connectivity index (χ4n) is 3.11. The summed E-state index contributed by atoms with van der Waals surface area (Å²) in [5, 5.41) is 7.28. The number of thioether (sulfide) groups is 1. The van der Waals surface area contributed by atoms with Crippen molar-refractivity contribution < 1.29 is 4.79 Å². The first-order valence-corrected chi connectivity index (χ1v) is 11.1. The Morgan fingerprint density at radius 3 is 2.80 bits per heavy atom. The molecule has 0 bridgehead atoms. The zero-order chi connectivity index (χ0) is 21.1. The highest BCUT2D eigenvalue weighted by molar-refractivity contribution is 9.10. The molecule has 0 radical (unpaired) electrons. The number of aryl methyl sites for hydroxylation is 1. The number of carbonyl (C=O) groups excluding carboxylic acids is 1. The monoisotopic (exact) mass is 482 g/mol. The van der Waals surface area contributed by atoms with Crippen LogP contribution in [0.3, 0.4) is 0 Å². The van der Waals surface area contributed by atoms with Gasteiger partial charge in [-0.1, -0.05) is 34.1 Å². The minimum Gasteiger partial charge on any atom is -0.325 e. The number of nitrogens with one attached hydrogen (secondary N) is 1. The predicted octanol–water partition coefficient (Wildman–Crippen LogP) is 4.35. The smallest absolute Gasteiger partial charge is 0.325 e. The normalized spacial score (nSPS) is 11.0. The van der Waals surface area contributed by atoms with E-state index in [1.165, 1.54) is 20.8 Å². The van der Waals surface area contributed by atoms with Gasteiger partial charge in [0.2, 0.25) is 5.91 Å². The van der Waals surface area contributed by atoms with Gasteiger partial charge in [0, 0.05) is 21.3 Å². The molecule has 30 heavy (non-hydrogen) atoms. The fraction of sp³-hybridized carbons (Fsp3) is 0.136. The molecular weight excluding hydrogens is 464 g/mol. The van der Waals surface area contributed by atoms with Gasteiger partial charge >= 0.3 is 5.69 Å². The van der Waals surface area contributed by atoms with Crippen LogP contribution in [0.25, 0.3) is 5.65 Å². The molecule has 0 unspecified atom stereocenters. The lowest BCUT2D eigenvalue weighted by molar-refractivity contribution is -0.113. The molecule has 6 nitrogen and oxygen atoms in total. The van der Waals surface area contributed by atoms with E-state index >= 15 is 0 Å². The number of benzene rings is 2. The lowest BCUT2D eigenvalue weighted by Crippen LogP contribution is -2.21. The highest BCUT2D eigenvalue weighted by atomic mass is 79.9. The maximum atomic E-state index is 12.5. The molecule has 0 fully saturated rings. The van der Waals surface area contributed by atoms with E-state index in [-0.39, 0.29) is 11.6 Å². The summed E-state index contributed by atoms with van der Waals surface area (Å²) in [6.07, 6.45) is 1.70. The molecule has 0 spiro atoms. The maximum absolute atomic E-state index is 12.5. The highest BCUT2D eigenvalue weighted by Gasteiger charge is 2.09. The number of amides is 1. The Morgan fingerprint density at radius 1 is 1.13 bits per heavy atom. The Bertz CT molecular complexity index is 1280. The molecule has 1 N–H and O–H groups in total. The first-order valence-electron chi connectivity index (χ1n) is 9.31. The number of carbonyl (C=O) groups is 1. The summed E-state index contributed by atoms with van der Waals surface area (Å²) >= 11 is 4.95. The summed E-state index contributed by atoms with van der Waals surface area (Å²) in [5.74, 6) is 0.239. The van der Waals surface area contributed by atoms with Gasteiger partial charge in [0.15, 0.2) is 5.65 Å². The van der Waals surface area contributed by atoms with E-state index in [0.717, 1.165) is 20.5 Å². The third-order valence-electron chi connectivity index (χ3n) is 4.53. The Labute approximate surface area is 186 Å². The van der Waals surface area contributed by atoms with Crippen LogP contribution in [0.2, 0.25) is 0 Å². The van der Waals surface area contributed by atoms with Crippen molar-refractivity contribution in [3.8, 4) is 0 Å². The summed E-state index contributed by atoms with van der Waals surface area (Å²) in [6, 6.07) is 18.9. The van der Waals surface area contributed by atoms with Crippen molar-refractivity contribution in [2.75, 3.05) is 11.1 Å². The van der Waals surface area contributed by atoms with E-state index in [4.69, 9.17) is 0 Å². The average molecular weight is 483 g/mol. The second-order valence-electron chi connectivity index (χ2n) is 6.82. The molecule has 0 aliphatic carbocycles. The molecule has 4 rings (SSSR count). The van der Waals surface area contributed by atoms with Crippen LogP contribution < -0.4 is 11.0 Å². The van der Waals surface area contributed by atoms with E-state index in [1.807, 2.05) is 55.5 Å². The number of rotatable bonds is 6. The van der Waals surface area contributed by atoms with Crippen molar-refractivity contribution in [1.29, 1.82) is 0 Å². The van der Waals surface area contributed by atoms with Gasteiger partial charge in [0.25, 0.3) is 0 Å². The van der Waals surface area contributed by atoms with Crippen LogP contribution >= 0.6 is 27.7 Å². The topological polar surface area (TPSA) is 68.4 Å². The van der Waals surface area contributed by atoms with Gasteiger partial charge in [-0.15, -0.1) is 16.9 Å². The Morgan fingerprint density at radius 2 is 2.00 bits per heavy atom. The van der Waals surface area contributed by atoms with Gasteiger partial charge in [-0.3, -0.25) is 9.20 Å². The molecule has 0 saturated heterocycles. The molecule has 8 heteroatoms. The van der Waals surface area contributed by atoms with Crippen molar-refractivity contribution in [2.24, 2.45) is 0 Å². The summed E-state index contributed by atoms with van der Waals surface area (Å²) in [4.78, 5) is 25.9. The quantitative estimate of drug-likeness (QED) is 0.415. The molecule has 4 aromatic rings. The minimum atomic E-state index is -0.193. The summed E-state index contributed by atoms with van der Waals surface area (Å²) in [5.41, 5.74) is 3.12. The van der Waals surface area contributed by atoms with Gasteiger partial charge in [-0.05, 0) is 60.5 Å². The van der Waals surface area contributed by atoms with Gasteiger partial charge in [-0.25, -0.2) is 9.48 Å². The molecule has 152 valence electrons. The van der Waals surface area contributed by atoms with E-state index in [0.29, 0.717) is 23.6 Å². The number of aromatic nitrogens is 3. The van der Waals surface area contributed by atoms with E-state index in [1.54, 1.807) is 18.3 Å². The summed E-state index contributed by atoms with van der Waals surface area (Å²) in [7, 11) is 0. The summed E-state index contributed by atoms with van der Waals surface area (Å²) in [6.45, 7) is 2.35. The van der Waals surface area contributed by atoms with Crippen LogP contribution in [0, 0.1) is 6.92 Å². The second kappa shape index (κ2) is 8.89. The van der Waals surface area contributed by atoms with Crippen LogP contribution in [0.5, 0.6) is 0 Å². The van der Waals surface area contributed by atoms with Gasteiger partial charge < -0.3 is 5.32 Å². The SMILES string of the molecule is Cc1cc(Br)ccc1SCC(=O)Nc1cccc(Cn2nc3ccccn3c2=O)c1. The van der Waals surface area contributed by atoms with E-state index < -0.39 is 0 Å². The molecular formula is C22H19BrN4O2S. The van der Waals surface area contributed by atoms with Gasteiger partial charge in [0.05, 0.1) is 12.3 Å². The van der Waals surface area contributed by atoms with Gasteiger partial charge in [-0.2, -0.15) is 0 Å². The molecule has 2 aromatic carbocycles. The minimum absolute atomic E-state index is 0.0793. The first-order chi connectivity index (χ1) is 14.5. The number of hydrogen-bond donors (Lipinski definition) is 1. The third kappa shape index (κ3) is 4.66. The molecule has 0 atom stereocenters. The molecule has 2 aromatic heterocycles.